The van der Waals surface area contributed by atoms with Crippen LogP contribution in [0.3, 0.4) is 0 Å². The summed E-state index contributed by atoms with van der Waals surface area (Å²) in [6, 6.07) is 5.44. The van der Waals surface area contributed by atoms with Crippen LogP contribution in [0.1, 0.15) is 44.9 Å². The molecule has 0 saturated heterocycles. The van der Waals surface area contributed by atoms with Crippen LogP contribution in [0.5, 0.6) is 5.75 Å². The Kier molecular flexibility index (Phi) is 4.05. The topological polar surface area (TPSA) is 68.1 Å². The standard InChI is InChI=1S/C19H23ClN2O2/c20-16-10-15-13(5-8-22-18(15)23)9-17(16)24-14-3-1-12(2-4-14)11-19(21)6-7-19/h5,8-10,12,14H,1-4,6-7,11,21H2,(H,22,23). The van der Waals surface area contributed by atoms with Crippen LogP contribution in [-0.4, -0.2) is 16.6 Å². The number of nitrogens with two attached hydrogens (primary N) is 1. The second kappa shape index (κ2) is 6.08. The molecule has 2 fully saturated rings. The van der Waals surface area contributed by atoms with E-state index in [-0.39, 0.29) is 17.2 Å². The van der Waals surface area contributed by atoms with Crippen molar-refractivity contribution >= 4 is 22.4 Å². The smallest absolute Gasteiger partial charge is 0.255 e. The number of benzene rings is 1. The van der Waals surface area contributed by atoms with Gasteiger partial charge in [0, 0.05) is 17.1 Å². The quantitative estimate of drug-likeness (QED) is 0.879. The number of rotatable bonds is 4. The van der Waals surface area contributed by atoms with Crippen molar-refractivity contribution in [1.82, 2.24) is 4.98 Å². The fourth-order valence-electron chi connectivity index (χ4n) is 3.85. The van der Waals surface area contributed by atoms with Crippen molar-refractivity contribution in [3.8, 4) is 5.75 Å². The average Bonchev–Trinajstić information content (AvgIpc) is 3.28. The van der Waals surface area contributed by atoms with E-state index < -0.39 is 0 Å². The van der Waals surface area contributed by atoms with Gasteiger partial charge < -0.3 is 15.5 Å². The van der Waals surface area contributed by atoms with Gasteiger partial charge in [0.05, 0.1) is 11.1 Å². The Morgan fingerprint density at radius 2 is 2.00 bits per heavy atom. The van der Waals surface area contributed by atoms with Gasteiger partial charge in [-0.05, 0) is 74.4 Å². The summed E-state index contributed by atoms with van der Waals surface area (Å²) in [5, 5.41) is 1.95. The fraction of sp³-hybridized carbons (Fsp3) is 0.526. The number of H-pyrrole nitrogens is 1. The predicted molar refractivity (Wildman–Crippen MR) is 96.7 cm³/mol. The molecule has 4 rings (SSSR count). The highest BCUT2D eigenvalue weighted by Crippen LogP contribution is 2.42. The number of aromatic nitrogens is 1. The summed E-state index contributed by atoms with van der Waals surface area (Å²) in [5.74, 6) is 1.42. The van der Waals surface area contributed by atoms with Crippen molar-refractivity contribution in [2.75, 3.05) is 0 Å². The molecule has 1 aromatic carbocycles. The molecule has 0 atom stereocenters. The molecule has 2 aromatic rings. The second-order valence-electron chi connectivity index (χ2n) is 7.50. The minimum absolute atomic E-state index is 0.128. The van der Waals surface area contributed by atoms with Gasteiger partial charge in [-0.25, -0.2) is 0 Å². The summed E-state index contributed by atoms with van der Waals surface area (Å²) in [4.78, 5) is 14.5. The van der Waals surface area contributed by atoms with Gasteiger partial charge in [0.15, 0.2) is 0 Å². The predicted octanol–water partition coefficient (Wildman–Crippen LogP) is 4.00. The monoisotopic (exact) mass is 346 g/mol. The van der Waals surface area contributed by atoms with E-state index in [1.807, 2.05) is 12.1 Å². The maximum atomic E-state index is 11.8. The van der Waals surface area contributed by atoms with Crippen LogP contribution >= 0.6 is 11.6 Å². The van der Waals surface area contributed by atoms with E-state index in [9.17, 15) is 4.79 Å². The van der Waals surface area contributed by atoms with Gasteiger partial charge in [0.25, 0.3) is 5.56 Å². The zero-order chi connectivity index (χ0) is 16.7. The molecule has 2 aliphatic rings. The third kappa shape index (κ3) is 3.31. The van der Waals surface area contributed by atoms with Crippen LogP contribution in [-0.2, 0) is 0 Å². The first-order valence-electron chi connectivity index (χ1n) is 8.79. The van der Waals surface area contributed by atoms with E-state index in [4.69, 9.17) is 22.1 Å². The van der Waals surface area contributed by atoms with Crippen molar-refractivity contribution < 1.29 is 4.74 Å². The lowest BCUT2D eigenvalue weighted by Crippen LogP contribution is -2.30. The first-order valence-corrected chi connectivity index (χ1v) is 9.17. The van der Waals surface area contributed by atoms with Gasteiger partial charge in [-0.15, -0.1) is 0 Å². The van der Waals surface area contributed by atoms with E-state index in [2.05, 4.69) is 4.98 Å². The first kappa shape index (κ1) is 16.0. The summed E-state index contributed by atoms with van der Waals surface area (Å²) in [7, 11) is 0. The van der Waals surface area contributed by atoms with E-state index in [0.717, 1.165) is 24.1 Å². The van der Waals surface area contributed by atoms with Crippen molar-refractivity contribution in [2.24, 2.45) is 11.7 Å². The summed E-state index contributed by atoms with van der Waals surface area (Å²) < 4.78 is 6.15. The summed E-state index contributed by atoms with van der Waals surface area (Å²) in [5.41, 5.74) is 6.26. The van der Waals surface area contributed by atoms with Crippen LogP contribution in [0.15, 0.2) is 29.2 Å². The molecule has 0 spiro atoms. The van der Waals surface area contributed by atoms with E-state index in [1.54, 1.807) is 12.3 Å². The normalized spacial score (nSPS) is 25.6. The number of pyridine rings is 1. The highest BCUT2D eigenvalue weighted by Gasteiger charge is 2.40. The number of fused-ring (bicyclic) bond motifs is 1. The number of nitrogens with one attached hydrogen (secondary N) is 1. The number of hydrogen-bond donors (Lipinski definition) is 2. The van der Waals surface area contributed by atoms with Crippen LogP contribution in [0, 0.1) is 5.92 Å². The molecule has 4 nitrogen and oxygen atoms in total. The Morgan fingerprint density at radius 1 is 1.25 bits per heavy atom. The average molecular weight is 347 g/mol. The largest absolute Gasteiger partial charge is 0.489 e. The molecule has 0 unspecified atom stereocenters. The Labute approximate surface area is 146 Å². The molecule has 128 valence electrons. The molecule has 0 bridgehead atoms. The van der Waals surface area contributed by atoms with E-state index in [1.165, 1.54) is 32.1 Å². The van der Waals surface area contributed by atoms with Gasteiger partial charge >= 0.3 is 0 Å². The second-order valence-corrected chi connectivity index (χ2v) is 7.91. The van der Waals surface area contributed by atoms with Gasteiger partial charge in [-0.1, -0.05) is 11.6 Å². The molecule has 0 radical (unpaired) electrons. The molecule has 0 aliphatic heterocycles. The molecule has 1 heterocycles. The van der Waals surface area contributed by atoms with Crippen LogP contribution < -0.4 is 16.0 Å². The highest BCUT2D eigenvalue weighted by molar-refractivity contribution is 6.32. The summed E-state index contributed by atoms with van der Waals surface area (Å²) in [6.07, 6.45) is 9.83. The number of aromatic amines is 1. The number of ether oxygens (including phenoxy) is 1. The van der Waals surface area contributed by atoms with Crippen LogP contribution in [0.4, 0.5) is 0 Å². The van der Waals surface area contributed by atoms with E-state index >= 15 is 0 Å². The SMILES string of the molecule is NC1(CC2CCC(Oc3cc4cc[nH]c(=O)c4cc3Cl)CC2)CC1. The zero-order valence-electron chi connectivity index (χ0n) is 13.7. The maximum absolute atomic E-state index is 11.8. The molecule has 2 saturated carbocycles. The molecule has 2 aliphatic carbocycles. The molecule has 24 heavy (non-hydrogen) atoms. The Morgan fingerprint density at radius 3 is 2.71 bits per heavy atom. The molecular formula is C19H23ClN2O2. The van der Waals surface area contributed by atoms with Crippen LogP contribution in [0.2, 0.25) is 5.02 Å². The number of hydrogen-bond acceptors (Lipinski definition) is 3. The third-order valence-electron chi connectivity index (χ3n) is 5.50. The van der Waals surface area contributed by atoms with Gasteiger partial charge in [0.2, 0.25) is 0 Å². The zero-order valence-corrected chi connectivity index (χ0v) is 14.4. The molecule has 3 N–H and O–H groups in total. The molecular weight excluding hydrogens is 324 g/mol. The van der Waals surface area contributed by atoms with Gasteiger partial charge in [-0.3, -0.25) is 4.79 Å². The van der Waals surface area contributed by atoms with Crippen molar-refractivity contribution in [2.45, 2.75) is 56.6 Å². The molecule has 5 heteroatoms. The lowest BCUT2D eigenvalue weighted by molar-refractivity contribution is 0.125. The van der Waals surface area contributed by atoms with E-state index in [0.29, 0.717) is 16.2 Å². The van der Waals surface area contributed by atoms with Gasteiger partial charge in [0.1, 0.15) is 5.75 Å². The summed E-state index contributed by atoms with van der Waals surface area (Å²) >= 11 is 6.32. The van der Waals surface area contributed by atoms with Gasteiger partial charge in [-0.2, -0.15) is 0 Å². The third-order valence-corrected chi connectivity index (χ3v) is 5.80. The van der Waals surface area contributed by atoms with Crippen LogP contribution in [0.25, 0.3) is 10.8 Å². The Balaban J connectivity index is 1.43. The minimum atomic E-state index is -0.128. The van der Waals surface area contributed by atoms with Crippen molar-refractivity contribution in [3.05, 3.63) is 39.8 Å². The highest BCUT2D eigenvalue weighted by atomic mass is 35.5. The van der Waals surface area contributed by atoms with Crippen molar-refractivity contribution in [3.63, 3.8) is 0 Å². The Bertz CT molecular complexity index is 805. The first-order chi connectivity index (χ1) is 11.5. The van der Waals surface area contributed by atoms with Crippen molar-refractivity contribution in [1.29, 1.82) is 0 Å². The molecule has 0 amide bonds. The molecule has 1 aromatic heterocycles. The lowest BCUT2D eigenvalue weighted by Gasteiger charge is -2.30. The minimum Gasteiger partial charge on any atom is -0.489 e. The number of halogens is 1. The fourth-order valence-corrected chi connectivity index (χ4v) is 4.06. The Hall–Kier alpha value is -1.52. The lowest BCUT2D eigenvalue weighted by atomic mass is 9.83. The summed E-state index contributed by atoms with van der Waals surface area (Å²) in [6.45, 7) is 0. The maximum Gasteiger partial charge on any atom is 0.255 e.